The number of Topliss-reactive ketones (excluding diaryl/α,β-unsaturated/α-hetero) is 1. The third-order valence-electron chi connectivity index (χ3n) is 2.17. The number of esters is 1. The van der Waals surface area contributed by atoms with E-state index >= 15 is 0 Å². The molecule has 0 aromatic heterocycles. The molecule has 0 bridgehead atoms. The van der Waals surface area contributed by atoms with Crippen LogP contribution in [-0.2, 0) is 9.53 Å². The molecule has 92 valence electrons. The first-order valence-corrected chi connectivity index (χ1v) is 5.44. The van der Waals surface area contributed by atoms with Crippen molar-refractivity contribution >= 4 is 11.8 Å². The highest BCUT2D eigenvalue weighted by Gasteiger charge is 2.10. The Morgan fingerprint density at radius 2 is 2.00 bits per heavy atom. The molecule has 0 saturated carbocycles. The van der Waals surface area contributed by atoms with Crippen LogP contribution in [0.4, 0.5) is 0 Å². The molecule has 0 fully saturated rings. The smallest absolute Gasteiger partial charge is 0.344 e. The molecule has 0 unspecified atom stereocenters. The van der Waals surface area contributed by atoms with E-state index in [2.05, 4.69) is 0 Å². The molecule has 0 heterocycles. The molecule has 0 saturated heterocycles. The fourth-order valence-electron chi connectivity index (χ4n) is 1.38. The number of rotatable bonds is 5. The van der Waals surface area contributed by atoms with Crippen LogP contribution in [-0.4, -0.2) is 25.0 Å². The molecule has 0 aliphatic rings. The Morgan fingerprint density at radius 1 is 1.29 bits per heavy atom. The van der Waals surface area contributed by atoms with E-state index in [1.807, 2.05) is 13.0 Å². The summed E-state index contributed by atoms with van der Waals surface area (Å²) in [6.07, 6.45) is 0. The summed E-state index contributed by atoms with van der Waals surface area (Å²) in [5.74, 6) is -0.113. The predicted octanol–water partition coefficient (Wildman–Crippen LogP) is 2.14. The maximum absolute atomic E-state index is 11.4. The lowest BCUT2D eigenvalue weighted by Gasteiger charge is -2.10. The van der Waals surface area contributed by atoms with Gasteiger partial charge in [0.15, 0.2) is 12.4 Å². The van der Waals surface area contributed by atoms with Crippen molar-refractivity contribution in [2.75, 3.05) is 13.2 Å². The minimum Gasteiger partial charge on any atom is -0.481 e. The average molecular weight is 236 g/mol. The Labute approximate surface area is 101 Å². The topological polar surface area (TPSA) is 52.6 Å². The summed E-state index contributed by atoms with van der Waals surface area (Å²) in [5.41, 5.74) is 1.44. The Kier molecular flexibility index (Phi) is 4.69. The third kappa shape index (κ3) is 3.90. The molecule has 0 spiro atoms. The zero-order valence-electron chi connectivity index (χ0n) is 10.3. The first kappa shape index (κ1) is 13.2. The van der Waals surface area contributed by atoms with Crippen LogP contribution < -0.4 is 4.74 Å². The Hall–Kier alpha value is -1.84. The van der Waals surface area contributed by atoms with Gasteiger partial charge in [-0.15, -0.1) is 0 Å². The SMILES string of the molecule is CCOC(=O)COc1cc(C)ccc1C(C)=O. The Bertz CT molecular complexity index is 423. The van der Waals surface area contributed by atoms with Crippen molar-refractivity contribution in [3.05, 3.63) is 29.3 Å². The zero-order chi connectivity index (χ0) is 12.8. The van der Waals surface area contributed by atoms with Crippen molar-refractivity contribution in [1.29, 1.82) is 0 Å². The Balaban J connectivity index is 2.78. The summed E-state index contributed by atoms with van der Waals surface area (Å²) < 4.78 is 10.0. The summed E-state index contributed by atoms with van der Waals surface area (Å²) in [7, 11) is 0. The van der Waals surface area contributed by atoms with Crippen molar-refractivity contribution in [2.45, 2.75) is 20.8 Å². The summed E-state index contributed by atoms with van der Waals surface area (Å²) in [4.78, 5) is 22.5. The van der Waals surface area contributed by atoms with Gasteiger partial charge in [-0.2, -0.15) is 0 Å². The van der Waals surface area contributed by atoms with Crippen molar-refractivity contribution in [1.82, 2.24) is 0 Å². The van der Waals surface area contributed by atoms with E-state index in [0.717, 1.165) is 5.56 Å². The van der Waals surface area contributed by atoms with Crippen LogP contribution in [0.15, 0.2) is 18.2 Å². The molecule has 0 radical (unpaired) electrons. The van der Waals surface area contributed by atoms with E-state index in [0.29, 0.717) is 17.9 Å². The van der Waals surface area contributed by atoms with Gasteiger partial charge in [0, 0.05) is 0 Å². The predicted molar refractivity (Wildman–Crippen MR) is 63.3 cm³/mol. The first-order chi connectivity index (χ1) is 8.04. The molecule has 1 aromatic carbocycles. The number of ether oxygens (including phenoxy) is 2. The second-order valence-electron chi connectivity index (χ2n) is 3.65. The summed E-state index contributed by atoms with van der Waals surface area (Å²) >= 11 is 0. The second-order valence-corrected chi connectivity index (χ2v) is 3.65. The number of ketones is 1. The zero-order valence-corrected chi connectivity index (χ0v) is 10.3. The van der Waals surface area contributed by atoms with Gasteiger partial charge < -0.3 is 9.47 Å². The fourth-order valence-corrected chi connectivity index (χ4v) is 1.38. The van der Waals surface area contributed by atoms with E-state index in [-0.39, 0.29) is 12.4 Å². The highest BCUT2D eigenvalue weighted by Crippen LogP contribution is 2.20. The van der Waals surface area contributed by atoms with Crippen LogP contribution in [0.25, 0.3) is 0 Å². The van der Waals surface area contributed by atoms with Gasteiger partial charge in [0.1, 0.15) is 5.75 Å². The summed E-state index contributed by atoms with van der Waals surface area (Å²) in [5, 5.41) is 0. The van der Waals surface area contributed by atoms with E-state index in [9.17, 15) is 9.59 Å². The third-order valence-corrected chi connectivity index (χ3v) is 2.17. The lowest BCUT2D eigenvalue weighted by atomic mass is 10.1. The lowest BCUT2D eigenvalue weighted by molar-refractivity contribution is -0.145. The molecule has 0 amide bonds. The summed E-state index contributed by atoms with van der Waals surface area (Å²) in [6.45, 7) is 5.21. The molecule has 1 aromatic rings. The van der Waals surface area contributed by atoms with Crippen LogP contribution in [0.3, 0.4) is 0 Å². The quantitative estimate of drug-likeness (QED) is 0.580. The van der Waals surface area contributed by atoms with Crippen molar-refractivity contribution in [3.8, 4) is 5.75 Å². The molecule has 0 aliphatic carbocycles. The van der Waals surface area contributed by atoms with Crippen LogP contribution in [0.1, 0.15) is 29.8 Å². The minimum atomic E-state index is -0.441. The lowest BCUT2D eigenvalue weighted by Crippen LogP contribution is -2.15. The van der Waals surface area contributed by atoms with Crippen molar-refractivity contribution < 1.29 is 19.1 Å². The van der Waals surface area contributed by atoms with Gasteiger partial charge in [-0.25, -0.2) is 4.79 Å². The van der Waals surface area contributed by atoms with Gasteiger partial charge in [0.2, 0.25) is 0 Å². The molecule has 0 N–H and O–H groups in total. The molecule has 0 atom stereocenters. The van der Waals surface area contributed by atoms with Crippen LogP contribution in [0.2, 0.25) is 0 Å². The standard InChI is InChI=1S/C13H16O4/c1-4-16-13(15)8-17-12-7-9(2)5-6-11(12)10(3)14/h5-7H,4,8H2,1-3H3. The van der Waals surface area contributed by atoms with Gasteiger partial charge in [-0.1, -0.05) is 6.07 Å². The largest absolute Gasteiger partial charge is 0.481 e. The van der Waals surface area contributed by atoms with E-state index in [1.165, 1.54) is 6.92 Å². The van der Waals surface area contributed by atoms with Gasteiger partial charge in [0.25, 0.3) is 0 Å². The molecule has 17 heavy (non-hydrogen) atoms. The van der Waals surface area contributed by atoms with Crippen LogP contribution >= 0.6 is 0 Å². The van der Waals surface area contributed by atoms with Crippen LogP contribution in [0.5, 0.6) is 5.75 Å². The molecule has 1 rings (SSSR count). The van der Waals surface area contributed by atoms with E-state index < -0.39 is 5.97 Å². The second kappa shape index (κ2) is 6.03. The minimum absolute atomic E-state index is 0.0936. The van der Waals surface area contributed by atoms with Gasteiger partial charge >= 0.3 is 5.97 Å². The molecular weight excluding hydrogens is 220 g/mol. The monoisotopic (exact) mass is 236 g/mol. The van der Waals surface area contributed by atoms with Gasteiger partial charge in [0.05, 0.1) is 12.2 Å². The maximum Gasteiger partial charge on any atom is 0.344 e. The van der Waals surface area contributed by atoms with E-state index in [4.69, 9.17) is 9.47 Å². The molecule has 0 aliphatic heterocycles. The van der Waals surface area contributed by atoms with Crippen molar-refractivity contribution in [2.24, 2.45) is 0 Å². The number of aryl methyl sites for hydroxylation is 1. The number of hydrogen-bond acceptors (Lipinski definition) is 4. The van der Waals surface area contributed by atoms with Crippen molar-refractivity contribution in [3.63, 3.8) is 0 Å². The summed E-state index contributed by atoms with van der Waals surface area (Å²) in [6, 6.07) is 5.25. The number of benzene rings is 1. The van der Waals surface area contributed by atoms with E-state index in [1.54, 1.807) is 19.1 Å². The number of hydrogen-bond donors (Lipinski definition) is 0. The number of carbonyl (C=O) groups excluding carboxylic acids is 2. The highest BCUT2D eigenvalue weighted by molar-refractivity contribution is 5.97. The normalized spacial score (nSPS) is 9.82. The first-order valence-electron chi connectivity index (χ1n) is 5.44. The maximum atomic E-state index is 11.4. The highest BCUT2D eigenvalue weighted by atomic mass is 16.6. The average Bonchev–Trinajstić information content (AvgIpc) is 2.26. The molecule has 4 nitrogen and oxygen atoms in total. The molecule has 4 heteroatoms. The fraction of sp³-hybridized carbons (Fsp3) is 0.385. The van der Waals surface area contributed by atoms with Gasteiger partial charge in [-0.3, -0.25) is 4.79 Å². The van der Waals surface area contributed by atoms with Crippen LogP contribution in [0, 0.1) is 6.92 Å². The molecular formula is C13H16O4. The van der Waals surface area contributed by atoms with Gasteiger partial charge in [-0.05, 0) is 38.5 Å². The number of carbonyl (C=O) groups is 2. The Morgan fingerprint density at radius 3 is 2.59 bits per heavy atom.